The van der Waals surface area contributed by atoms with Crippen molar-refractivity contribution in [1.82, 2.24) is 9.97 Å². The van der Waals surface area contributed by atoms with Gasteiger partial charge < -0.3 is 10.1 Å². The molecule has 0 aliphatic carbocycles. The Morgan fingerprint density at radius 3 is 2.56 bits per heavy atom. The number of hydrogen-bond donors (Lipinski definition) is 1. The number of aryl methyl sites for hydroxylation is 1. The molecule has 0 aromatic carbocycles. The van der Waals surface area contributed by atoms with Gasteiger partial charge in [-0.1, -0.05) is 0 Å². The lowest BCUT2D eigenvalue weighted by atomic mass is 10.4. The van der Waals surface area contributed by atoms with E-state index in [0.29, 0.717) is 22.5 Å². The minimum Gasteiger partial charge on any atom is -0.369 e. The van der Waals surface area contributed by atoms with Gasteiger partial charge in [0.25, 0.3) is 0 Å². The Bertz CT molecular complexity index is 412. The second kappa shape index (κ2) is 6.33. The van der Waals surface area contributed by atoms with Crippen LogP contribution < -0.4 is 5.32 Å². The van der Waals surface area contributed by atoms with E-state index in [2.05, 4.69) is 36.0 Å². The van der Waals surface area contributed by atoms with Crippen molar-refractivity contribution in [2.75, 3.05) is 18.5 Å². The first-order chi connectivity index (χ1) is 8.33. The number of rotatable bonds is 5. The standard InChI is InChI=1S/C10H13BrF3N3O/c1-3-15-9-8(11)6(2)16-7(17-9)4-18-5-10(12,13)14/h3-5H2,1-2H3,(H,15,16,17). The highest BCUT2D eigenvalue weighted by molar-refractivity contribution is 9.10. The van der Waals surface area contributed by atoms with Gasteiger partial charge in [0.2, 0.25) is 0 Å². The Hall–Kier alpha value is -0.890. The van der Waals surface area contributed by atoms with Crippen LogP contribution in [0.25, 0.3) is 0 Å². The fourth-order valence-electron chi connectivity index (χ4n) is 1.22. The van der Waals surface area contributed by atoms with Gasteiger partial charge in [0.15, 0.2) is 5.82 Å². The number of hydrogen-bond acceptors (Lipinski definition) is 4. The molecule has 1 aromatic rings. The van der Waals surface area contributed by atoms with Crippen LogP contribution in [0.15, 0.2) is 4.47 Å². The average molecular weight is 328 g/mol. The van der Waals surface area contributed by atoms with Crippen molar-refractivity contribution in [2.45, 2.75) is 26.6 Å². The molecular formula is C10H13BrF3N3O. The maximum Gasteiger partial charge on any atom is 0.411 e. The van der Waals surface area contributed by atoms with Gasteiger partial charge in [0.05, 0.1) is 10.2 Å². The Balaban J connectivity index is 2.72. The van der Waals surface area contributed by atoms with Gasteiger partial charge >= 0.3 is 6.18 Å². The lowest BCUT2D eigenvalue weighted by molar-refractivity contribution is -0.177. The van der Waals surface area contributed by atoms with Gasteiger partial charge in [-0.25, -0.2) is 9.97 Å². The summed E-state index contributed by atoms with van der Waals surface area (Å²) in [7, 11) is 0. The Kier molecular flexibility index (Phi) is 5.33. The largest absolute Gasteiger partial charge is 0.411 e. The highest BCUT2D eigenvalue weighted by Gasteiger charge is 2.27. The zero-order valence-corrected chi connectivity index (χ0v) is 11.5. The van der Waals surface area contributed by atoms with Crippen LogP contribution in [-0.4, -0.2) is 29.3 Å². The lowest BCUT2D eigenvalue weighted by Crippen LogP contribution is -2.17. The van der Waals surface area contributed by atoms with Crippen LogP contribution in [-0.2, 0) is 11.3 Å². The van der Waals surface area contributed by atoms with Gasteiger partial charge in [0.1, 0.15) is 19.0 Å². The molecule has 0 saturated heterocycles. The first-order valence-electron chi connectivity index (χ1n) is 5.25. The Morgan fingerprint density at radius 1 is 1.33 bits per heavy atom. The van der Waals surface area contributed by atoms with E-state index in [0.717, 1.165) is 0 Å². The summed E-state index contributed by atoms with van der Waals surface area (Å²) >= 11 is 3.31. The minimum atomic E-state index is -4.34. The van der Waals surface area contributed by atoms with Crippen LogP contribution in [0, 0.1) is 6.92 Å². The maximum absolute atomic E-state index is 11.9. The van der Waals surface area contributed by atoms with Crippen LogP contribution in [0.1, 0.15) is 18.4 Å². The Morgan fingerprint density at radius 2 is 2.00 bits per heavy atom. The molecule has 4 nitrogen and oxygen atoms in total. The monoisotopic (exact) mass is 327 g/mol. The van der Waals surface area contributed by atoms with E-state index < -0.39 is 12.8 Å². The highest BCUT2D eigenvalue weighted by atomic mass is 79.9. The molecule has 102 valence electrons. The summed E-state index contributed by atoms with van der Waals surface area (Å²) in [6.45, 7) is 2.70. The first-order valence-corrected chi connectivity index (χ1v) is 6.04. The van der Waals surface area contributed by atoms with Crippen molar-refractivity contribution in [1.29, 1.82) is 0 Å². The third kappa shape index (κ3) is 4.77. The molecule has 0 spiro atoms. The van der Waals surface area contributed by atoms with Gasteiger partial charge in [-0.2, -0.15) is 13.2 Å². The smallest absolute Gasteiger partial charge is 0.369 e. The van der Waals surface area contributed by atoms with E-state index in [-0.39, 0.29) is 12.4 Å². The third-order valence-electron chi connectivity index (χ3n) is 1.90. The number of anilines is 1. The molecule has 0 radical (unpaired) electrons. The molecule has 0 fully saturated rings. The van der Waals surface area contributed by atoms with Crippen molar-refractivity contribution in [3.63, 3.8) is 0 Å². The highest BCUT2D eigenvalue weighted by Crippen LogP contribution is 2.23. The molecule has 18 heavy (non-hydrogen) atoms. The van der Waals surface area contributed by atoms with Crippen molar-refractivity contribution in [2.24, 2.45) is 0 Å². The van der Waals surface area contributed by atoms with Crippen molar-refractivity contribution >= 4 is 21.7 Å². The van der Waals surface area contributed by atoms with Crippen molar-refractivity contribution in [3.8, 4) is 0 Å². The minimum absolute atomic E-state index is 0.218. The Labute approximate surface area is 111 Å². The SMILES string of the molecule is CCNc1nc(COCC(F)(F)F)nc(C)c1Br. The molecule has 0 saturated carbocycles. The zero-order chi connectivity index (χ0) is 13.8. The van der Waals surface area contributed by atoms with Gasteiger partial charge in [-0.3, -0.25) is 0 Å². The fraction of sp³-hybridized carbons (Fsp3) is 0.600. The molecule has 0 atom stereocenters. The van der Waals surface area contributed by atoms with E-state index in [1.54, 1.807) is 6.92 Å². The van der Waals surface area contributed by atoms with Crippen LogP contribution in [0.5, 0.6) is 0 Å². The molecule has 0 bridgehead atoms. The summed E-state index contributed by atoms with van der Waals surface area (Å²) in [6, 6.07) is 0. The summed E-state index contributed by atoms with van der Waals surface area (Å²) < 4.78 is 41.0. The van der Waals surface area contributed by atoms with Crippen molar-refractivity contribution in [3.05, 3.63) is 16.0 Å². The summed E-state index contributed by atoms with van der Waals surface area (Å²) in [5, 5.41) is 2.99. The summed E-state index contributed by atoms with van der Waals surface area (Å²) in [5.41, 5.74) is 0.645. The second-order valence-electron chi connectivity index (χ2n) is 3.53. The summed E-state index contributed by atoms with van der Waals surface area (Å²) in [6.07, 6.45) is -4.34. The third-order valence-corrected chi connectivity index (χ3v) is 2.85. The van der Waals surface area contributed by atoms with Crippen LogP contribution >= 0.6 is 15.9 Å². The number of nitrogens with zero attached hydrogens (tertiary/aromatic N) is 2. The number of ether oxygens (including phenoxy) is 1. The second-order valence-corrected chi connectivity index (χ2v) is 4.32. The van der Waals surface area contributed by atoms with E-state index >= 15 is 0 Å². The van der Waals surface area contributed by atoms with E-state index in [4.69, 9.17) is 0 Å². The van der Waals surface area contributed by atoms with Crippen LogP contribution in [0.3, 0.4) is 0 Å². The number of halogens is 4. The van der Waals surface area contributed by atoms with E-state index in [1.165, 1.54) is 0 Å². The first kappa shape index (κ1) is 15.2. The van der Waals surface area contributed by atoms with Gasteiger partial charge in [-0.05, 0) is 29.8 Å². The van der Waals surface area contributed by atoms with E-state index in [9.17, 15) is 13.2 Å². The molecule has 8 heteroatoms. The predicted octanol–water partition coefficient (Wildman–Crippen LogP) is 3.06. The van der Waals surface area contributed by atoms with Gasteiger partial charge in [0, 0.05) is 6.54 Å². The van der Waals surface area contributed by atoms with Crippen molar-refractivity contribution < 1.29 is 17.9 Å². The molecule has 0 unspecified atom stereocenters. The predicted molar refractivity (Wildman–Crippen MR) is 64.3 cm³/mol. The molecule has 0 aliphatic rings. The molecule has 0 aliphatic heterocycles. The fourth-order valence-corrected chi connectivity index (χ4v) is 1.54. The quantitative estimate of drug-likeness (QED) is 0.902. The number of nitrogens with one attached hydrogen (secondary N) is 1. The van der Waals surface area contributed by atoms with E-state index in [1.807, 2.05) is 6.92 Å². The van der Waals surface area contributed by atoms with Gasteiger partial charge in [-0.15, -0.1) is 0 Å². The summed E-state index contributed by atoms with van der Waals surface area (Å²) in [4.78, 5) is 8.13. The maximum atomic E-state index is 11.9. The lowest BCUT2D eigenvalue weighted by Gasteiger charge is -2.11. The number of alkyl halides is 3. The average Bonchev–Trinajstić information content (AvgIpc) is 2.23. The van der Waals surface area contributed by atoms with Crippen LogP contribution in [0.2, 0.25) is 0 Å². The summed E-state index contributed by atoms with van der Waals surface area (Å²) in [5.74, 6) is 0.770. The zero-order valence-electron chi connectivity index (χ0n) is 9.94. The molecule has 1 heterocycles. The number of aromatic nitrogens is 2. The van der Waals surface area contributed by atoms with Crippen LogP contribution in [0.4, 0.5) is 19.0 Å². The molecule has 1 N–H and O–H groups in total. The molecule has 1 aromatic heterocycles. The topological polar surface area (TPSA) is 47.0 Å². The molecule has 1 rings (SSSR count). The normalized spacial score (nSPS) is 11.7. The molecule has 0 amide bonds. The molecular weight excluding hydrogens is 315 g/mol.